The number of para-hydroxylation sites is 1. The van der Waals surface area contributed by atoms with Gasteiger partial charge in [0.2, 0.25) is 5.95 Å². The topological polar surface area (TPSA) is 85.6 Å². The van der Waals surface area contributed by atoms with Gasteiger partial charge in [-0.15, -0.1) is 0 Å². The van der Waals surface area contributed by atoms with Gasteiger partial charge in [0.1, 0.15) is 17.2 Å². The quantitative estimate of drug-likeness (QED) is 0.617. The number of carbonyl (C=O) groups is 1. The number of aromatic nitrogens is 5. The smallest absolute Gasteiger partial charge is 0.274 e. The van der Waals surface area contributed by atoms with Crippen molar-refractivity contribution in [3.05, 3.63) is 66.2 Å². The molecule has 7 nitrogen and oxygen atoms in total. The fraction of sp³-hybridized carbons (Fsp3) is 0.105. The Bertz CT molecular complexity index is 1100. The molecule has 0 aliphatic carbocycles. The Morgan fingerprint density at radius 3 is 2.62 bits per heavy atom. The van der Waals surface area contributed by atoms with Crippen LogP contribution in [0.3, 0.4) is 0 Å². The van der Waals surface area contributed by atoms with Crippen LogP contribution in [0, 0.1) is 6.92 Å². The molecular formula is C19H16N6O. The average Bonchev–Trinajstić information content (AvgIpc) is 2.99. The number of carbonyl (C=O) groups excluding carboxylic acids is 1. The number of rotatable bonds is 3. The number of amides is 1. The number of hydrogen-bond donors (Lipinski definition) is 1. The minimum atomic E-state index is -0.277. The van der Waals surface area contributed by atoms with Crippen molar-refractivity contribution >= 4 is 22.8 Å². The number of hydrogen-bond acceptors (Lipinski definition) is 5. The van der Waals surface area contributed by atoms with Crippen molar-refractivity contribution < 1.29 is 4.79 Å². The summed E-state index contributed by atoms with van der Waals surface area (Å²) in [6.45, 7) is 1.75. The first-order valence-corrected chi connectivity index (χ1v) is 8.12. The van der Waals surface area contributed by atoms with E-state index in [0.29, 0.717) is 23.0 Å². The van der Waals surface area contributed by atoms with Gasteiger partial charge in [-0.2, -0.15) is 9.97 Å². The molecule has 7 heteroatoms. The molecule has 0 fully saturated rings. The van der Waals surface area contributed by atoms with Crippen LogP contribution in [0.25, 0.3) is 22.4 Å². The van der Waals surface area contributed by atoms with Crippen molar-refractivity contribution in [3.63, 3.8) is 0 Å². The molecule has 4 aromatic rings. The molecule has 0 aliphatic rings. The van der Waals surface area contributed by atoms with Crippen LogP contribution in [0.4, 0.5) is 5.95 Å². The fourth-order valence-corrected chi connectivity index (χ4v) is 2.82. The minimum Gasteiger partial charge on any atom is -0.340 e. The summed E-state index contributed by atoms with van der Waals surface area (Å²) in [6.07, 6.45) is 1.67. The normalized spacial score (nSPS) is 10.8. The molecule has 1 amide bonds. The average molecular weight is 344 g/mol. The minimum absolute atomic E-state index is 0.202. The molecule has 26 heavy (non-hydrogen) atoms. The number of benzene rings is 1. The summed E-state index contributed by atoms with van der Waals surface area (Å²) in [5.74, 6) is 0.855. The van der Waals surface area contributed by atoms with E-state index < -0.39 is 0 Å². The zero-order chi connectivity index (χ0) is 18.1. The van der Waals surface area contributed by atoms with Crippen molar-refractivity contribution in [2.75, 3.05) is 5.32 Å². The highest BCUT2D eigenvalue weighted by Gasteiger charge is 2.16. The fourth-order valence-electron chi connectivity index (χ4n) is 2.82. The van der Waals surface area contributed by atoms with E-state index in [1.807, 2.05) is 60.1 Å². The molecule has 1 N–H and O–H groups in total. The first-order chi connectivity index (χ1) is 12.6. The highest BCUT2D eigenvalue weighted by atomic mass is 16.2. The van der Waals surface area contributed by atoms with Crippen LogP contribution in [0.2, 0.25) is 0 Å². The van der Waals surface area contributed by atoms with E-state index in [2.05, 4.69) is 25.3 Å². The summed E-state index contributed by atoms with van der Waals surface area (Å²) in [5, 5.41) is 3.76. The van der Waals surface area contributed by atoms with E-state index in [1.54, 1.807) is 13.1 Å². The lowest BCUT2D eigenvalue weighted by Gasteiger charge is -2.07. The van der Waals surface area contributed by atoms with Crippen molar-refractivity contribution in [2.45, 2.75) is 6.92 Å². The van der Waals surface area contributed by atoms with Crippen molar-refractivity contribution in [1.29, 1.82) is 0 Å². The van der Waals surface area contributed by atoms with Gasteiger partial charge in [-0.05, 0) is 31.2 Å². The Hall–Kier alpha value is -3.61. The molecule has 1 aromatic carbocycles. The second kappa shape index (κ2) is 6.36. The van der Waals surface area contributed by atoms with Crippen LogP contribution in [0.5, 0.6) is 0 Å². The standard InChI is InChI=1S/C19H16N6O/c1-12-21-17(14-8-5-6-10-20-14)23-19(22-12)24-18(26)16-11-13-7-3-4-9-15(13)25(16)2/h3-11H,1-2H3,(H,21,22,23,24,26). The highest BCUT2D eigenvalue weighted by Crippen LogP contribution is 2.19. The predicted molar refractivity (Wildman–Crippen MR) is 98.7 cm³/mol. The lowest BCUT2D eigenvalue weighted by molar-refractivity contribution is 0.101. The third-order valence-corrected chi connectivity index (χ3v) is 4.05. The Morgan fingerprint density at radius 2 is 1.85 bits per heavy atom. The van der Waals surface area contributed by atoms with Gasteiger partial charge in [0.05, 0.1) is 0 Å². The summed E-state index contributed by atoms with van der Waals surface area (Å²) >= 11 is 0. The Labute approximate surface area is 149 Å². The zero-order valence-corrected chi connectivity index (χ0v) is 14.3. The van der Waals surface area contributed by atoms with Gasteiger partial charge in [-0.25, -0.2) is 4.98 Å². The first kappa shape index (κ1) is 15.9. The summed E-state index contributed by atoms with van der Waals surface area (Å²) in [4.78, 5) is 29.8. The third kappa shape index (κ3) is 2.90. The third-order valence-electron chi connectivity index (χ3n) is 4.05. The Balaban J connectivity index is 1.67. The van der Waals surface area contributed by atoms with E-state index in [4.69, 9.17) is 0 Å². The van der Waals surface area contributed by atoms with E-state index in [9.17, 15) is 4.79 Å². The van der Waals surface area contributed by atoms with Crippen LogP contribution >= 0.6 is 0 Å². The van der Waals surface area contributed by atoms with Gasteiger partial charge >= 0.3 is 0 Å². The van der Waals surface area contributed by atoms with E-state index >= 15 is 0 Å². The van der Waals surface area contributed by atoms with Crippen LogP contribution in [0.15, 0.2) is 54.7 Å². The maximum atomic E-state index is 12.7. The largest absolute Gasteiger partial charge is 0.340 e. The molecule has 0 spiro atoms. The maximum absolute atomic E-state index is 12.7. The molecule has 3 heterocycles. The van der Waals surface area contributed by atoms with Gasteiger partial charge in [0, 0.05) is 24.1 Å². The molecule has 128 valence electrons. The summed E-state index contributed by atoms with van der Waals surface area (Å²) in [7, 11) is 1.86. The van der Waals surface area contributed by atoms with Crippen LogP contribution in [0.1, 0.15) is 16.3 Å². The number of aryl methyl sites for hydroxylation is 2. The molecule has 0 saturated heterocycles. The van der Waals surface area contributed by atoms with Gasteiger partial charge < -0.3 is 4.57 Å². The summed E-state index contributed by atoms with van der Waals surface area (Å²) in [6, 6.07) is 15.2. The van der Waals surface area contributed by atoms with Crippen molar-refractivity contribution in [1.82, 2.24) is 24.5 Å². The Kier molecular flexibility index (Phi) is 3.89. The molecule has 0 radical (unpaired) electrons. The molecule has 0 unspecified atom stereocenters. The van der Waals surface area contributed by atoms with E-state index in [-0.39, 0.29) is 11.9 Å². The summed E-state index contributed by atoms with van der Waals surface area (Å²) < 4.78 is 1.85. The van der Waals surface area contributed by atoms with Crippen LogP contribution in [-0.4, -0.2) is 30.4 Å². The molecular weight excluding hydrogens is 328 g/mol. The molecule has 0 saturated carbocycles. The number of nitrogens with zero attached hydrogens (tertiary/aromatic N) is 5. The molecule has 0 atom stereocenters. The van der Waals surface area contributed by atoms with E-state index in [0.717, 1.165) is 10.9 Å². The maximum Gasteiger partial charge on any atom is 0.274 e. The second-order valence-electron chi connectivity index (χ2n) is 5.85. The zero-order valence-electron chi connectivity index (χ0n) is 14.3. The molecule has 0 aliphatic heterocycles. The lowest BCUT2D eigenvalue weighted by atomic mass is 10.2. The van der Waals surface area contributed by atoms with Gasteiger partial charge in [-0.3, -0.25) is 15.1 Å². The predicted octanol–water partition coefficient (Wildman–Crippen LogP) is 2.99. The van der Waals surface area contributed by atoms with Crippen molar-refractivity contribution in [3.8, 4) is 11.5 Å². The summed E-state index contributed by atoms with van der Waals surface area (Å²) in [5.41, 5.74) is 2.14. The first-order valence-electron chi connectivity index (χ1n) is 8.12. The van der Waals surface area contributed by atoms with E-state index in [1.165, 1.54) is 0 Å². The van der Waals surface area contributed by atoms with Crippen LogP contribution < -0.4 is 5.32 Å². The second-order valence-corrected chi connectivity index (χ2v) is 5.85. The SMILES string of the molecule is Cc1nc(NC(=O)c2cc3ccccc3n2C)nc(-c2ccccn2)n1. The Morgan fingerprint density at radius 1 is 1.04 bits per heavy atom. The van der Waals surface area contributed by atoms with Gasteiger partial charge in [0.15, 0.2) is 5.82 Å². The number of fused-ring (bicyclic) bond motifs is 1. The molecule has 3 aromatic heterocycles. The van der Waals surface area contributed by atoms with Crippen molar-refractivity contribution in [2.24, 2.45) is 7.05 Å². The van der Waals surface area contributed by atoms with Gasteiger partial charge in [-0.1, -0.05) is 24.3 Å². The lowest BCUT2D eigenvalue weighted by Crippen LogP contribution is -2.18. The molecule has 0 bridgehead atoms. The van der Waals surface area contributed by atoms with Gasteiger partial charge in [0.25, 0.3) is 5.91 Å². The highest BCUT2D eigenvalue weighted by molar-refractivity contribution is 6.05. The monoisotopic (exact) mass is 344 g/mol. The number of nitrogens with one attached hydrogen (secondary N) is 1. The van der Waals surface area contributed by atoms with Crippen LogP contribution in [-0.2, 0) is 7.05 Å². The number of pyridine rings is 1. The molecule has 4 rings (SSSR count). The number of anilines is 1.